The summed E-state index contributed by atoms with van der Waals surface area (Å²) >= 11 is 0. The molecule has 3 nitrogen and oxygen atoms in total. The topological polar surface area (TPSA) is 33.3 Å². The fraction of sp³-hybridized carbons (Fsp3) is 1.00. The van der Waals surface area contributed by atoms with Crippen molar-refractivity contribution in [3.63, 3.8) is 0 Å². The van der Waals surface area contributed by atoms with Gasteiger partial charge in [-0.2, -0.15) is 0 Å². The zero-order valence-electron chi connectivity index (χ0n) is 7.89. The van der Waals surface area contributed by atoms with Crippen LogP contribution in [-0.2, 0) is 4.74 Å². The molecule has 12 heavy (non-hydrogen) atoms. The molecule has 70 valence electrons. The van der Waals surface area contributed by atoms with Gasteiger partial charge in [-0.05, 0) is 26.8 Å². The molecule has 0 spiro atoms. The van der Waals surface area contributed by atoms with Gasteiger partial charge in [0.1, 0.15) is 5.72 Å². The van der Waals surface area contributed by atoms with Crippen molar-refractivity contribution in [2.45, 2.75) is 32.1 Å². The van der Waals surface area contributed by atoms with Crippen molar-refractivity contribution in [1.29, 1.82) is 0 Å². The Kier molecular flexibility index (Phi) is 2.10. The van der Waals surface area contributed by atoms with Crippen molar-refractivity contribution in [2.24, 2.45) is 5.92 Å². The lowest BCUT2D eigenvalue weighted by Crippen LogP contribution is -2.46. The summed E-state index contributed by atoms with van der Waals surface area (Å²) in [5, 5.41) is 6.83. The minimum absolute atomic E-state index is 0.0666. The van der Waals surface area contributed by atoms with Gasteiger partial charge in [-0.15, -0.1) is 0 Å². The first-order valence-electron chi connectivity index (χ1n) is 4.84. The fourth-order valence-electron chi connectivity index (χ4n) is 2.21. The molecule has 2 saturated heterocycles. The lowest BCUT2D eigenvalue weighted by Gasteiger charge is -2.30. The highest BCUT2D eigenvalue weighted by molar-refractivity contribution is 4.92. The van der Waals surface area contributed by atoms with Crippen LogP contribution in [0.4, 0.5) is 0 Å². The van der Waals surface area contributed by atoms with E-state index in [1.807, 2.05) is 0 Å². The summed E-state index contributed by atoms with van der Waals surface area (Å²) in [7, 11) is 0. The predicted molar refractivity (Wildman–Crippen MR) is 47.9 cm³/mol. The first-order valence-corrected chi connectivity index (χ1v) is 4.84. The van der Waals surface area contributed by atoms with Crippen LogP contribution in [0.3, 0.4) is 0 Å². The smallest absolute Gasteiger partial charge is 0.121 e. The average Bonchev–Trinajstić information content (AvgIpc) is 2.59. The second kappa shape index (κ2) is 2.98. The summed E-state index contributed by atoms with van der Waals surface area (Å²) in [5.74, 6) is 0.641. The number of hydrogen-bond donors (Lipinski definition) is 2. The zero-order valence-corrected chi connectivity index (χ0v) is 7.89. The molecule has 0 radical (unpaired) electrons. The van der Waals surface area contributed by atoms with Gasteiger partial charge in [0.25, 0.3) is 0 Å². The number of hydrogen-bond acceptors (Lipinski definition) is 3. The van der Waals surface area contributed by atoms with Crippen LogP contribution < -0.4 is 10.6 Å². The van der Waals surface area contributed by atoms with Crippen molar-refractivity contribution in [3.05, 3.63) is 0 Å². The molecule has 2 rings (SSSR count). The Morgan fingerprint density at radius 1 is 1.42 bits per heavy atom. The van der Waals surface area contributed by atoms with Crippen LogP contribution in [0.2, 0.25) is 0 Å². The van der Waals surface area contributed by atoms with Gasteiger partial charge in [0.2, 0.25) is 0 Å². The molecule has 0 amide bonds. The molecule has 3 heteroatoms. The highest BCUT2D eigenvalue weighted by Crippen LogP contribution is 2.29. The second-order valence-corrected chi connectivity index (χ2v) is 4.11. The van der Waals surface area contributed by atoms with E-state index in [0.717, 1.165) is 19.6 Å². The summed E-state index contributed by atoms with van der Waals surface area (Å²) in [6.07, 6.45) is 1.60. The van der Waals surface area contributed by atoms with Crippen LogP contribution in [0, 0.1) is 5.92 Å². The minimum atomic E-state index is -0.0666. The summed E-state index contributed by atoms with van der Waals surface area (Å²) in [6.45, 7) is 7.53. The fourth-order valence-corrected chi connectivity index (χ4v) is 2.21. The Balaban J connectivity index is 2.00. The van der Waals surface area contributed by atoms with Gasteiger partial charge in [-0.25, -0.2) is 0 Å². The SMILES string of the molecule is CC1CNC(C)(C2CCNC2)O1. The number of ether oxygens (including phenoxy) is 1. The Hall–Kier alpha value is -0.120. The summed E-state index contributed by atoms with van der Waals surface area (Å²) in [6, 6.07) is 0. The molecule has 0 aromatic carbocycles. The van der Waals surface area contributed by atoms with Crippen LogP contribution in [0.1, 0.15) is 20.3 Å². The number of rotatable bonds is 1. The quantitative estimate of drug-likeness (QED) is 0.594. The molecule has 2 aliphatic heterocycles. The predicted octanol–water partition coefficient (Wildman–Crippen LogP) is 0.320. The molecule has 2 N–H and O–H groups in total. The lowest BCUT2D eigenvalue weighted by molar-refractivity contribution is -0.0662. The summed E-state index contributed by atoms with van der Waals surface area (Å²) < 4.78 is 5.88. The van der Waals surface area contributed by atoms with Gasteiger partial charge in [0.15, 0.2) is 0 Å². The van der Waals surface area contributed by atoms with Gasteiger partial charge >= 0.3 is 0 Å². The first kappa shape index (κ1) is 8.48. The first-order chi connectivity index (χ1) is 5.71. The molecular formula is C9H18N2O. The molecule has 2 fully saturated rings. The van der Waals surface area contributed by atoms with Crippen LogP contribution in [0.5, 0.6) is 0 Å². The molecule has 0 bridgehead atoms. The van der Waals surface area contributed by atoms with E-state index < -0.39 is 0 Å². The van der Waals surface area contributed by atoms with E-state index in [9.17, 15) is 0 Å². The van der Waals surface area contributed by atoms with E-state index >= 15 is 0 Å². The average molecular weight is 170 g/mol. The van der Waals surface area contributed by atoms with Crippen LogP contribution in [0.15, 0.2) is 0 Å². The van der Waals surface area contributed by atoms with E-state index in [2.05, 4.69) is 24.5 Å². The van der Waals surface area contributed by atoms with Gasteiger partial charge in [0, 0.05) is 19.0 Å². The largest absolute Gasteiger partial charge is 0.356 e. The monoisotopic (exact) mass is 170 g/mol. The molecule has 0 aromatic heterocycles. The highest BCUT2D eigenvalue weighted by Gasteiger charge is 2.41. The van der Waals surface area contributed by atoms with E-state index in [4.69, 9.17) is 4.74 Å². The Morgan fingerprint density at radius 3 is 2.75 bits per heavy atom. The lowest BCUT2D eigenvalue weighted by atomic mass is 9.97. The third-order valence-electron chi connectivity index (χ3n) is 3.03. The standard InChI is InChI=1S/C9H18N2O/c1-7-5-11-9(2,12-7)8-3-4-10-6-8/h7-8,10-11H,3-6H2,1-2H3. The van der Waals surface area contributed by atoms with E-state index in [1.165, 1.54) is 6.42 Å². The molecule has 0 saturated carbocycles. The van der Waals surface area contributed by atoms with Crippen LogP contribution in [-0.4, -0.2) is 31.5 Å². The zero-order chi connectivity index (χ0) is 8.60. The van der Waals surface area contributed by atoms with Crippen LogP contribution >= 0.6 is 0 Å². The summed E-state index contributed by atoms with van der Waals surface area (Å²) in [4.78, 5) is 0. The molecule has 0 aromatic rings. The normalized spacial score (nSPS) is 48.5. The van der Waals surface area contributed by atoms with Crippen LogP contribution in [0.25, 0.3) is 0 Å². The third kappa shape index (κ3) is 1.37. The molecule has 0 aliphatic carbocycles. The van der Waals surface area contributed by atoms with Crippen molar-refractivity contribution >= 4 is 0 Å². The maximum Gasteiger partial charge on any atom is 0.121 e. The molecule has 2 aliphatic rings. The molecule has 2 heterocycles. The van der Waals surface area contributed by atoms with E-state index in [0.29, 0.717) is 12.0 Å². The molecular weight excluding hydrogens is 152 g/mol. The summed E-state index contributed by atoms with van der Waals surface area (Å²) in [5.41, 5.74) is -0.0666. The van der Waals surface area contributed by atoms with E-state index in [-0.39, 0.29) is 5.72 Å². The Labute approximate surface area is 73.9 Å². The highest BCUT2D eigenvalue weighted by atomic mass is 16.5. The minimum Gasteiger partial charge on any atom is -0.356 e. The Bertz CT molecular complexity index is 168. The number of nitrogens with one attached hydrogen (secondary N) is 2. The molecule has 3 atom stereocenters. The van der Waals surface area contributed by atoms with Gasteiger partial charge in [-0.1, -0.05) is 0 Å². The third-order valence-corrected chi connectivity index (χ3v) is 3.03. The van der Waals surface area contributed by atoms with Crippen molar-refractivity contribution in [3.8, 4) is 0 Å². The second-order valence-electron chi connectivity index (χ2n) is 4.11. The van der Waals surface area contributed by atoms with Crippen molar-refractivity contribution in [1.82, 2.24) is 10.6 Å². The van der Waals surface area contributed by atoms with Crippen molar-refractivity contribution in [2.75, 3.05) is 19.6 Å². The van der Waals surface area contributed by atoms with E-state index in [1.54, 1.807) is 0 Å². The van der Waals surface area contributed by atoms with Crippen molar-refractivity contribution < 1.29 is 4.74 Å². The Morgan fingerprint density at radius 2 is 2.25 bits per heavy atom. The molecule has 3 unspecified atom stereocenters. The maximum absolute atomic E-state index is 5.88. The van der Waals surface area contributed by atoms with Gasteiger partial charge in [0.05, 0.1) is 6.10 Å². The van der Waals surface area contributed by atoms with Gasteiger partial charge in [-0.3, -0.25) is 5.32 Å². The maximum atomic E-state index is 5.88. The van der Waals surface area contributed by atoms with Gasteiger partial charge < -0.3 is 10.1 Å².